The lowest BCUT2D eigenvalue weighted by molar-refractivity contribution is -0.123. The van der Waals surface area contributed by atoms with E-state index in [1.807, 2.05) is 27.7 Å². The number of amides is 1. The average molecular weight is 465 g/mol. The van der Waals surface area contributed by atoms with Gasteiger partial charge in [0.05, 0.1) is 12.2 Å². The first kappa shape index (κ1) is 23.7. The van der Waals surface area contributed by atoms with Crippen LogP contribution in [0.1, 0.15) is 51.6 Å². The van der Waals surface area contributed by atoms with Crippen molar-refractivity contribution in [2.45, 2.75) is 54.0 Å². The van der Waals surface area contributed by atoms with E-state index in [1.54, 1.807) is 0 Å². The minimum absolute atomic E-state index is 0. The van der Waals surface area contributed by atoms with E-state index in [2.05, 4.69) is 33.0 Å². The van der Waals surface area contributed by atoms with Crippen LogP contribution < -0.4 is 16.0 Å². The van der Waals surface area contributed by atoms with Gasteiger partial charge >= 0.3 is 0 Å². The van der Waals surface area contributed by atoms with E-state index in [4.69, 9.17) is 4.52 Å². The molecule has 0 aliphatic carbocycles. The number of hydrogen-bond donors (Lipinski definition) is 3. The van der Waals surface area contributed by atoms with Crippen molar-refractivity contribution in [3.8, 4) is 0 Å². The van der Waals surface area contributed by atoms with Crippen LogP contribution in [0.25, 0.3) is 0 Å². The third kappa shape index (κ3) is 8.06. The van der Waals surface area contributed by atoms with Crippen LogP contribution in [0.2, 0.25) is 0 Å². The molecule has 3 N–H and O–H groups in total. The van der Waals surface area contributed by atoms with Crippen molar-refractivity contribution >= 4 is 35.8 Å². The van der Waals surface area contributed by atoms with Crippen LogP contribution in [-0.4, -0.2) is 36.7 Å². The zero-order valence-electron chi connectivity index (χ0n) is 15.9. The quantitative estimate of drug-likeness (QED) is 0.225. The highest BCUT2D eigenvalue weighted by Gasteiger charge is 2.13. The predicted molar refractivity (Wildman–Crippen MR) is 111 cm³/mol. The van der Waals surface area contributed by atoms with Crippen LogP contribution in [0, 0.1) is 5.92 Å². The van der Waals surface area contributed by atoms with Gasteiger partial charge in [-0.1, -0.05) is 32.9 Å². The van der Waals surface area contributed by atoms with E-state index in [0.29, 0.717) is 19.6 Å². The van der Waals surface area contributed by atoms with Gasteiger partial charge in [0.15, 0.2) is 5.96 Å². The van der Waals surface area contributed by atoms with Gasteiger partial charge in [-0.25, -0.2) is 4.99 Å². The molecule has 0 atom stereocenters. The number of guanidine groups is 1. The van der Waals surface area contributed by atoms with Crippen molar-refractivity contribution in [3.63, 3.8) is 0 Å². The number of aryl methyl sites for hydroxylation is 2. The molecule has 25 heavy (non-hydrogen) atoms. The van der Waals surface area contributed by atoms with Crippen LogP contribution in [0.3, 0.4) is 0 Å². The zero-order chi connectivity index (χ0) is 17.9. The largest absolute Gasteiger partial charge is 0.361 e. The molecule has 1 heterocycles. The van der Waals surface area contributed by atoms with Gasteiger partial charge in [0, 0.05) is 37.5 Å². The Hall–Kier alpha value is -1.32. The summed E-state index contributed by atoms with van der Waals surface area (Å²) in [5.74, 6) is 1.68. The number of aromatic nitrogens is 1. The van der Waals surface area contributed by atoms with Gasteiger partial charge in [0.2, 0.25) is 5.91 Å². The molecule has 1 rings (SSSR count). The van der Waals surface area contributed by atoms with Crippen LogP contribution in [-0.2, 0) is 24.2 Å². The smallest absolute Gasteiger partial charge is 0.222 e. The highest BCUT2D eigenvalue weighted by molar-refractivity contribution is 14.0. The molecule has 0 bridgehead atoms. The Balaban J connectivity index is 0.00000576. The lowest BCUT2D eigenvalue weighted by Crippen LogP contribution is -2.42. The fourth-order valence-corrected chi connectivity index (χ4v) is 2.19. The summed E-state index contributed by atoms with van der Waals surface area (Å²) >= 11 is 0. The maximum absolute atomic E-state index is 11.5. The number of hydrogen-bond acceptors (Lipinski definition) is 4. The SMILES string of the molecule is CCNC(=NCc1c(CC)noc1CC)NCCNC(=O)C(C)C.I. The Morgan fingerprint density at radius 3 is 2.36 bits per heavy atom. The summed E-state index contributed by atoms with van der Waals surface area (Å²) in [6.45, 7) is 12.4. The number of nitrogens with zero attached hydrogens (tertiary/aromatic N) is 2. The molecule has 0 saturated carbocycles. The monoisotopic (exact) mass is 465 g/mol. The van der Waals surface area contributed by atoms with Gasteiger partial charge in [0.1, 0.15) is 5.76 Å². The molecule has 0 fully saturated rings. The van der Waals surface area contributed by atoms with Crippen LogP contribution in [0.5, 0.6) is 0 Å². The molecule has 0 aromatic carbocycles. The fourth-order valence-electron chi connectivity index (χ4n) is 2.19. The topological polar surface area (TPSA) is 91.6 Å². The summed E-state index contributed by atoms with van der Waals surface area (Å²) in [6, 6.07) is 0. The first-order chi connectivity index (χ1) is 11.5. The van der Waals surface area contributed by atoms with Crippen LogP contribution in [0.15, 0.2) is 9.52 Å². The molecule has 0 saturated heterocycles. The van der Waals surface area contributed by atoms with Gasteiger partial charge in [-0.3, -0.25) is 4.79 Å². The Labute approximate surface area is 167 Å². The summed E-state index contributed by atoms with van der Waals surface area (Å²) in [6.07, 6.45) is 1.64. The Morgan fingerprint density at radius 1 is 1.12 bits per heavy atom. The van der Waals surface area contributed by atoms with Gasteiger partial charge in [-0.05, 0) is 13.3 Å². The fraction of sp³-hybridized carbons (Fsp3) is 0.706. The summed E-state index contributed by atoms with van der Waals surface area (Å²) in [5.41, 5.74) is 2.04. The molecule has 144 valence electrons. The maximum Gasteiger partial charge on any atom is 0.222 e. The minimum Gasteiger partial charge on any atom is -0.361 e. The second kappa shape index (κ2) is 13.0. The van der Waals surface area contributed by atoms with Gasteiger partial charge in [-0.2, -0.15) is 0 Å². The first-order valence-corrected chi connectivity index (χ1v) is 8.79. The number of carbonyl (C=O) groups excluding carboxylic acids is 1. The molecule has 7 nitrogen and oxygen atoms in total. The number of carbonyl (C=O) groups is 1. The Bertz CT molecular complexity index is 522. The molecule has 0 spiro atoms. The maximum atomic E-state index is 11.5. The molecule has 0 radical (unpaired) electrons. The molecule has 8 heteroatoms. The molecular weight excluding hydrogens is 433 g/mol. The minimum atomic E-state index is 0. The summed E-state index contributed by atoms with van der Waals surface area (Å²) in [7, 11) is 0. The summed E-state index contributed by atoms with van der Waals surface area (Å²) < 4.78 is 5.37. The lowest BCUT2D eigenvalue weighted by Gasteiger charge is -2.12. The number of aliphatic imine (C=N–C) groups is 1. The van der Waals surface area contributed by atoms with Crippen molar-refractivity contribution in [2.75, 3.05) is 19.6 Å². The molecule has 0 aliphatic heterocycles. The van der Waals surface area contributed by atoms with Gasteiger partial charge in [-0.15, -0.1) is 24.0 Å². The number of rotatable bonds is 9. The van der Waals surface area contributed by atoms with Crippen molar-refractivity contribution in [1.82, 2.24) is 21.1 Å². The van der Waals surface area contributed by atoms with E-state index in [9.17, 15) is 4.79 Å². The van der Waals surface area contributed by atoms with Gasteiger partial charge < -0.3 is 20.5 Å². The van der Waals surface area contributed by atoms with E-state index in [-0.39, 0.29) is 35.8 Å². The predicted octanol–water partition coefficient (Wildman–Crippen LogP) is 2.24. The van der Waals surface area contributed by atoms with Crippen molar-refractivity contribution in [3.05, 3.63) is 17.0 Å². The third-order valence-electron chi connectivity index (χ3n) is 3.59. The lowest BCUT2D eigenvalue weighted by atomic mass is 10.1. The molecular formula is C17H32IN5O2. The van der Waals surface area contributed by atoms with Crippen molar-refractivity contribution in [2.24, 2.45) is 10.9 Å². The second-order valence-corrected chi connectivity index (χ2v) is 5.81. The van der Waals surface area contributed by atoms with E-state index >= 15 is 0 Å². The molecule has 1 amide bonds. The Kier molecular flexibility index (Phi) is 12.3. The molecule has 0 unspecified atom stereocenters. The van der Waals surface area contributed by atoms with E-state index in [1.165, 1.54) is 0 Å². The van der Waals surface area contributed by atoms with Crippen molar-refractivity contribution in [1.29, 1.82) is 0 Å². The standard InChI is InChI=1S/C17H31N5O2.HI/c1-6-14-13(15(7-2)24-22-14)11-21-17(18-8-3)20-10-9-19-16(23)12(4)5;/h12H,6-11H2,1-5H3,(H,19,23)(H2,18,20,21);1H. The van der Waals surface area contributed by atoms with Crippen LogP contribution >= 0.6 is 24.0 Å². The first-order valence-electron chi connectivity index (χ1n) is 8.79. The van der Waals surface area contributed by atoms with Crippen molar-refractivity contribution < 1.29 is 9.32 Å². The van der Waals surface area contributed by atoms with E-state index < -0.39 is 0 Å². The van der Waals surface area contributed by atoms with Gasteiger partial charge in [0.25, 0.3) is 0 Å². The average Bonchev–Trinajstić information content (AvgIpc) is 2.97. The highest BCUT2D eigenvalue weighted by Crippen LogP contribution is 2.16. The Morgan fingerprint density at radius 2 is 1.80 bits per heavy atom. The van der Waals surface area contributed by atoms with Crippen LogP contribution in [0.4, 0.5) is 0 Å². The summed E-state index contributed by atoms with van der Waals surface area (Å²) in [4.78, 5) is 16.1. The second-order valence-electron chi connectivity index (χ2n) is 5.81. The summed E-state index contributed by atoms with van der Waals surface area (Å²) in [5, 5.41) is 13.4. The molecule has 1 aromatic rings. The molecule has 0 aliphatic rings. The number of halogens is 1. The zero-order valence-corrected chi connectivity index (χ0v) is 18.3. The molecule has 1 aromatic heterocycles. The third-order valence-corrected chi connectivity index (χ3v) is 3.59. The highest BCUT2D eigenvalue weighted by atomic mass is 127. The normalized spacial score (nSPS) is 11.2. The number of nitrogens with one attached hydrogen (secondary N) is 3. The van der Waals surface area contributed by atoms with E-state index in [0.717, 1.165) is 42.4 Å².